The van der Waals surface area contributed by atoms with E-state index in [0.29, 0.717) is 11.5 Å². The SMILES string of the molecule is NNc1cncc(C(=O)Nc2ccccc2Br)n1. The first-order chi connectivity index (χ1) is 8.70. The largest absolute Gasteiger partial charge is 0.320 e. The molecule has 0 aliphatic carbocycles. The number of nitrogens with two attached hydrogens (primary N) is 1. The van der Waals surface area contributed by atoms with Crippen LogP contribution in [-0.2, 0) is 0 Å². The first-order valence-corrected chi connectivity index (χ1v) is 5.84. The van der Waals surface area contributed by atoms with E-state index in [4.69, 9.17) is 5.84 Å². The fraction of sp³-hybridized carbons (Fsp3) is 0. The number of nitrogen functional groups attached to an aromatic ring is 1. The summed E-state index contributed by atoms with van der Waals surface area (Å²) in [7, 11) is 0. The van der Waals surface area contributed by atoms with E-state index < -0.39 is 0 Å². The van der Waals surface area contributed by atoms with Crippen molar-refractivity contribution in [3.63, 3.8) is 0 Å². The van der Waals surface area contributed by atoms with Gasteiger partial charge in [0.25, 0.3) is 5.91 Å². The van der Waals surface area contributed by atoms with Gasteiger partial charge in [0, 0.05) is 4.47 Å². The molecule has 92 valence electrons. The normalized spacial score (nSPS) is 9.89. The molecule has 1 heterocycles. The number of nitrogens with one attached hydrogen (secondary N) is 2. The highest BCUT2D eigenvalue weighted by molar-refractivity contribution is 9.10. The fourth-order valence-corrected chi connectivity index (χ4v) is 1.68. The zero-order chi connectivity index (χ0) is 13.0. The van der Waals surface area contributed by atoms with E-state index in [2.05, 4.69) is 36.6 Å². The van der Waals surface area contributed by atoms with Crippen LogP contribution < -0.4 is 16.6 Å². The quantitative estimate of drug-likeness (QED) is 0.593. The topological polar surface area (TPSA) is 92.9 Å². The van der Waals surface area contributed by atoms with Crippen LogP contribution in [0.15, 0.2) is 41.1 Å². The lowest BCUT2D eigenvalue weighted by molar-refractivity contribution is 0.102. The highest BCUT2D eigenvalue weighted by Gasteiger charge is 2.10. The molecule has 0 aliphatic heterocycles. The highest BCUT2D eigenvalue weighted by atomic mass is 79.9. The molecule has 7 heteroatoms. The smallest absolute Gasteiger partial charge is 0.275 e. The standard InChI is InChI=1S/C11H10BrN5O/c12-7-3-1-2-4-8(7)16-11(18)9-5-14-6-10(15-9)17-13/h1-6H,13H2,(H,15,17)(H,16,18). The molecule has 2 aromatic rings. The van der Waals surface area contributed by atoms with E-state index in [0.717, 1.165) is 4.47 Å². The molecule has 6 nitrogen and oxygen atoms in total. The average molecular weight is 308 g/mol. The lowest BCUT2D eigenvalue weighted by Gasteiger charge is -2.07. The van der Waals surface area contributed by atoms with Crippen molar-refractivity contribution < 1.29 is 4.79 Å². The Morgan fingerprint density at radius 2 is 2.06 bits per heavy atom. The molecule has 0 fully saturated rings. The lowest BCUT2D eigenvalue weighted by Crippen LogP contribution is -2.16. The number of aromatic nitrogens is 2. The van der Waals surface area contributed by atoms with Crippen molar-refractivity contribution in [3.05, 3.63) is 46.8 Å². The van der Waals surface area contributed by atoms with E-state index >= 15 is 0 Å². The number of para-hydroxylation sites is 1. The minimum absolute atomic E-state index is 0.182. The molecule has 1 amide bonds. The van der Waals surface area contributed by atoms with Gasteiger partial charge in [-0.3, -0.25) is 9.78 Å². The third-order valence-electron chi connectivity index (χ3n) is 2.14. The summed E-state index contributed by atoms with van der Waals surface area (Å²) in [5, 5.41) is 2.72. The van der Waals surface area contributed by atoms with Crippen molar-refractivity contribution in [2.24, 2.45) is 5.84 Å². The summed E-state index contributed by atoms with van der Waals surface area (Å²) >= 11 is 3.34. The van der Waals surface area contributed by atoms with Gasteiger partial charge >= 0.3 is 0 Å². The van der Waals surface area contributed by atoms with Crippen molar-refractivity contribution in [3.8, 4) is 0 Å². The summed E-state index contributed by atoms with van der Waals surface area (Å²) in [6.45, 7) is 0. The number of hydrogen-bond acceptors (Lipinski definition) is 5. The van der Waals surface area contributed by atoms with E-state index in [1.807, 2.05) is 18.2 Å². The molecule has 0 aliphatic rings. The Morgan fingerprint density at radius 1 is 1.28 bits per heavy atom. The fourth-order valence-electron chi connectivity index (χ4n) is 1.29. The van der Waals surface area contributed by atoms with Gasteiger partial charge in [0.1, 0.15) is 5.69 Å². The maximum Gasteiger partial charge on any atom is 0.275 e. The third kappa shape index (κ3) is 2.82. The molecule has 0 saturated heterocycles. The number of carbonyl (C=O) groups is 1. The zero-order valence-electron chi connectivity index (χ0n) is 9.22. The maximum atomic E-state index is 11.9. The van der Waals surface area contributed by atoms with Crippen LogP contribution in [-0.4, -0.2) is 15.9 Å². The molecule has 0 atom stereocenters. The van der Waals surface area contributed by atoms with Crippen LogP contribution in [0.3, 0.4) is 0 Å². The summed E-state index contributed by atoms with van der Waals surface area (Å²) < 4.78 is 0.791. The Kier molecular flexibility index (Phi) is 3.85. The van der Waals surface area contributed by atoms with Crippen LogP contribution in [0, 0.1) is 0 Å². The van der Waals surface area contributed by atoms with Gasteiger partial charge in [-0.05, 0) is 28.1 Å². The van der Waals surface area contributed by atoms with Gasteiger partial charge in [0.15, 0.2) is 5.82 Å². The molecule has 2 rings (SSSR count). The first kappa shape index (κ1) is 12.5. The average Bonchev–Trinajstić information content (AvgIpc) is 2.41. The van der Waals surface area contributed by atoms with Crippen molar-refractivity contribution in [1.82, 2.24) is 9.97 Å². The van der Waals surface area contributed by atoms with Gasteiger partial charge in [-0.1, -0.05) is 12.1 Å². The number of nitrogens with zero attached hydrogens (tertiary/aromatic N) is 2. The monoisotopic (exact) mass is 307 g/mol. The second kappa shape index (κ2) is 5.56. The third-order valence-corrected chi connectivity index (χ3v) is 2.83. The molecule has 0 saturated carbocycles. The van der Waals surface area contributed by atoms with E-state index in [1.165, 1.54) is 12.4 Å². The zero-order valence-corrected chi connectivity index (χ0v) is 10.8. The van der Waals surface area contributed by atoms with Crippen LogP contribution in [0.1, 0.15) is 10.5 Å². The number of carbonyl (C=O) groups excluding carboxylic acids is 1. The Hall–Kier alpha value is -1.99. The van der Waals surface area contributed by atoms with Crippen molar-refractivity contribution in [2.75, 3.05) is 10.7 Å². The Morgan fingerprint density at radius 3 is 2.78 bits per heavy atom. The molecule has 0 radical (unpaired) electrons. The Balaban J connectivity index is 2.19. The van der Waals surface area contributed by atoms with Crippen LogP contribution in [0.25, 0.3) is 0 Å². The minimum Gasteiger partial charge on any atom is -0.320 e. The van der Waals surface area contributed by atoms with Crippen LogP contribution >= 0.6 is 15.9 Å². The summed E-state index contributed by atoms with van der Waals surface area (Å²) in [6.07, 6.45) is 2.79. The number of halogens is 1. The molecule has 18 heavy (non-hydrogen) atoms. The van der Waals surface area contributed by atoms with Crippen molar-refractivity contribution in [1.29, 1.82) is 0 Å². The summed E-state index contributed by atoms with van der Waals surface area (Å²) in [4.78, 5) is 19.8. The predicted octanol–water partition coefficient (Wildman–Crippen LogP) is 1.78. The minimum atomic E-state index is -0.355. The van der Waals surface area contributed by atoms with Crippen LogP contribution in [0.4, 0.5) is 11.5 Å². The molecule has 1 aromatic heterocycles. The molecule has 4 N–H and O–H groups in total. The molecule has 0 spiro atoms. The van der Waals surface area contributed by atoms with Gasteiger partial charge in [0.2, 0.25) is 0 Å². The van der Waals surface area contributed by atoms with Crippen molar-refractivity contribution >= 4 is 33.3 Å². The highest BCUT2D eigenvalue weighted by Crippen LogP contribution is 2.21. The number of benzene rings is 1. The maximum absolute atomic E-state index is 11.9. The number of rotatable bonds is 3. The molecule has 1 aromatic carbocycles. The molecular weight excluding hydrogens is 298 g/mol. The van der Waals surface area contributed by atoms with E-state index in [-0.39, 0.29) is 11.6 Å². The molecule has 0 bridgehead atoms. The van der Waals surface area contributed by atoms with Gasteiger partial charge in [-0.2, -0.15) is 0 Å². The molecule has 0 unspecified atom stereocenters. The number of anilines is 2. The summed E-state index contributed by atoms with van der Waals surface area (Å²) in [6, 6.07) is 7.29. The summed E-state index contributed by atoms with van der Waals surface area (Å²) in [5.74, 6) is 5.18. The van der Waals surface area contributed by atoms with Gasteiger partial charge < -0.3 is 10.7 Å². The number of hydrogen-bond donors (Lipinski definition) is 3. The first-order valence-electron chi connectivity index (χ1n) is 5.05. The van der Waals surface area contributed by atoms with Gasteiger partial charge in [-0.25, -0.2) is 10.8 Å². The van der Waals surface area contributed by atoms with E-state index in [9.17, 15) is 4.79 Å². The second-order valence-corrected chi connectivity index (χ2v) is 4.22. The number of amides is 1. The second-order valence-electron chi connectivity index (χ2n) is 3.37. The lowest BCUT2D eigenvalue weighted by atomic mass is 10.3. The van der Waals surface area contributed by atoms with Gasteiger partial charge in [0.05, 0.1) is 18.1 Å². The molecular formula is C11H10BrN5O. The number of hydrazine groups is 1. The summed E-state index contributed by atoms with van der Waals surface area (Å²) in [5.41, 5.74) is 3.18. The predicted molar refractivity (Wildman–Crippen MR) is 71.9 cm³/mol. The van der Waals surface area contributed by atoms with Crippen LogP contribution in [0.5, 0.6) is 0 Å². The van der Waals surface area contributed by atoms with E-state index in [1.54, 1.807) is 6.07 Å². The van der Waals surface area contributed by atoms with Crippen LogP contribution in [0.2, 0.25) is 0 Å². The van der Waals surface area contributed by atoms with Crippen molar-refractivity contribution in [2.45, 2.75) is 0 Å². The van der Waals surface area contributed by atoms with Gasteiger partial charge in [-0.15, -0.1) is 0 Å². The Bertz CT molecular complexity index is 575. The Labute approximate surface area is 112 Å².